The maximum Gasteiger partial charge on any atom is 0.278 e. The van der Waals surface area contributed by atoms with Gasteiger partial charge in [0.1, 0.15) is 29.1 Å². The van der Waals surface area contributed by atoms with E-state index in [1.807, 2.05) is 44.2 Å². The van der Waals surface area contributed by atoms with Gasteiger partial charge in [0.25, 0.3) is 5.56 Å². The van der Waals surface area contributed by atoms with Crippen LogP contribution in [0.25, 0.3) is 21.9 Å². The fourth-order valence-corrected chi connectivity index (χ4v) is 2.99. The van der Waals surface area contributed by atoms with E-state index in [0.29, 0.717) is 16.8 Å². The van der Waals surface area contributed by atoms with Crippen molar-refractivity contribution in [3.63, 3.8) is 0 Å². The van der Waals surface area contributed by atoms with Crippen LogP contribution in [-0.4, -0.2) is 20.4 Å². The Kier molecular flexibility index (Phi) is 3.84. The predicted octanol–water partition coefficient (Wildman–Crippen LogP) is 2.40. The Morgan fingerprint density at radius 1 is 1.27 bits per heavy atom. The molecular formula is C19H18N4O3. The normalized spacial score (nSPS) is 11.3. The molecule has 1 amide bonds. The number of carbonyl (C=O) groups is 1. The average Bonchev–Trinajstić information content (AvgIpc) is 3.19. The maximum absolute atomic E-state index is 12.7. The van der Waals surface area contributed by atoms with Gasteiger partial charge in [0.05, 0.1) is 12.9 Å². The molecular weight excluding hydrogens is 332 g/mol. The van der Waals surface area contributed by atoms with E-state index in [0.717, 1.165) is 22.2 Å². The lowest BCUT2D eigenvalue weighted by Gasteiger charge is -2.06. The van der Waals surface area contributed by atoms with Crippen LogP contribution in [0.1, 0.15) is 17.1 Å². The number of aryl methyl sites for hydroxylation is 2. The van der Waals surface area contributed by atoms with Crippen molar-refractivity contribution in [3.05, 3.63) is 64.1 Å². The van der Waals surface area contributed by atoms with Gasteiger partial charge in [-0.05, 0) is 38.1 Å². The third-order valence-corrected chi connectivity index (χ3v) is 4.30. The number of hydrogen-bond donors (Lipinski definition) is 2. The average molecular weight is 350 g/mol. The minimum atomic E-state index is -0.283. The highest BCUT2D eigenvalue weighted by Crippen LogP contribution is 2.22. The van der Waals surface area contributed by atoms with Crippen LogP contribution in [0.2, 0.25) is 0 Å². The number of benzene rings is 1. The van der Waals surface area contributed by atoms with Gasteiger partial charge in [-0.25, -0.2) is 4.98 Å². The second-order valence-electron chi connectivity index (χ2n) is 6.36. The summed E-state index contributed by atoms with van der Waals surface area (Å²) < 4.78 is 6.71. The predicted molar refractivity (Wildman–Crippen MR) is 97.9 cm³/mol. The van der Waals surface area contributed by atoms with Crippen LogP contribution in [0.5, 0.6) is 0 Å². The van der Waals surface area contributed by atoms with Crippen molar-refractivity contribution in [3.8, 4) is 0 Å². The number of nitrogens with one attached hydrogen (secondary N) is 2. The molecule has 7 nitrogen and oxygen atoms in total. The van der Waals surface area contributed by atoms with E-state index in [1.54, 1.807) is 0 Å². The fraction of sp³-hybridized carbons (Fsp3) is 0.211. The van der Waals surface area contributed by atoms with Crippen molar-refractivity contribution < 1.29 is 9.21 Å². The fourth-order valence-electron chi connectivity index (χ4n) is 2.99. The zero-order valence-corrected chi connectivity index (χ0v) is 14.5. The topological polar surface area (TPSA) is 92.9 Å². The number of furan rings is 1. The Morgan fingerprint density at radius 3 is 2.88 bits per heavy atom. The summed E-state index contributed by atoms with van der Waals surface area (Å²) in [5.74, 6) is 1.17. The number of nitrogens with zero attached hydrogens (tertiary/aromatic N) is 2. The van der Waals surface area contributed by atoms with Crippen LogP contribution in [0.4, 0.5) is 0 Å². The van der Waals surface area contributed by atoms with E-state index in [-0.39, 0.29) is 24.6 Å². The van der Waals surface area contributed by atoms with Crippen LogP contribution in [0.15, 0.2) is 45.9 Å². The van der Waals surface area contributed by atoms with Crippen molar-refractivity contribution >= 4 is 27.8 Å². The van der Waals surface area contributed by atoms with Crippen LogP contribution in [0, 0.1) is 13.8 Å². The van der Waals surface area contributed by atoms with Gasteiger partial charge >= 0.3 is 0 Å². The molecule has 0 saturated carbocycles. The molecule has 0 unspecified atom stereocenters. The van der Waals surface area contributed by atoms with E-state index >= 15 is 0 Å². The van der Waals surface area contributed by atoms with E-state index in [4.69, 9.17) is 4.42 Å². The molecule has 2 N–H and O–H groups in total. The van der Waals surface area contributed by atoms with Gasteiger partial charge in [-0.3, -0.25) is 14.2 Å². The summed E-state index contributed by atoms with van der Waals surface area (Å²) in [5.41, 5.74) is 2.70. The Morgan fingerprint density at radius 2 is 2.12 bits per heavy atom. The van der Waals surface area contributed by atoms with Crippen LogP contribution in [0.3, 0.4) is 0 Å². The summed E-state index contributed by atoms with van der Waals surface area (Å²) in [6, 6.07) is 9.53. The number of hydrogen-bond acceptors (Lipinski definition) is 4. The molecule has 1 aromatic carbocycles. The molecule has 0 atom stereocenters. The first-order valence-corrected chi connectivity index (χ1v) is 8.31. The van der Waals surface area contributed by atoms with E-state index in [9.17, 15) is 9.59 Å². The Hall–Kier alpha value is -3.35. The molecule has 0 spiro atoms. The second kappa shape index (κ2) is 6.18. The number of aromatic nitrogens is 3. The van der Waals surface area contributed by atoms with Gasteiger partial charge in [-0.2, -0.15) is 0 Å². The van der Waals surface area contributed by atoms with Gasteiger partial charge in [0.2, 0.25) is 5.91 Å². The molecule has 0 aliphatic carbocycles. The third-order valence-electron chi connectivity index (χ3n) is 4.30. The summed E-state index contributed by atoms with van der Waals surface area (Å²) in [6.45, 7) is 4.01. The Labute approximate surface area is 148 Å². The van der Waals surface area contributed by atoms with Crippen molar-refractivity contribution in [1.29, 1.82) is 0 Å². The smallest absolute Gasteiger partial charge is 0.278 e. The molecule has 4 aromatic rings. The van der Waals surface area contributed by atoms with Gasteiger partial charge in [-0.1, -0.05) is 11.6 Å². The number of amides is 1. The highest BCUT2D eigenvalue weighted by atomic mass is 16.3. The second-order valence-corrected chi connectivity index (χ2v) is 6.36. The van der Waals surface area contributed by atoms with E-state index < -0.39 is 0 Å². The summed E-state index contributed by atoms with van der Waals surface area (Å²) in [6.07, 6.45) is 1.41. The number of carbonyl (C=O) groups excluding carboxylic acids is 1. The number of H-pyrrole nitrogens is 1. The zero-order chi connectivity index (χ0) is 18.3. The molecule has 0 radical (unpaired) electrons. The number of rotatable bonds is 4. The molecule has 7 heteroatoms. The third kappa shape index (κ3) is 2.88. The minimum Gasteiger partial charge on any atom is -0.465 e. The molecule has 26 heavy (non-hydrogen) atoms. The van der Waals surface area contributed by atoms with E-state index in [2.05, 4.69) is 15.3 Å². The SMILES string of the molecule is Cc1ccc2[nH]c3c(=O)n(CC(=O)NCc4ccc(C)o4)cnc3c2c1. The number of aromatic amines is 1. The minimum absolute atomic E-state index is 0.101. The lowest BCUT2D eigenvalue weighted by atomic mass is 10.2. The van der Waals surface area contributed by atoms with Gasteiger partial charge < -0.3 is 14.7 Å². The quantitative estimate of drug-likeness (QED) is 0.591. The monoisotopic (exact) mass is 350 g/mol. The van der Waals surface area contributed by atoms with Gasteiger partial charge in [0.15, 0.2) is 0 Å². The molecule has 0 saturated heterocycles. The van der Waals surface area contributed by atoms with Crippen LogP contribution in [-0.2, 0) is 17.9 Å². The first kappa shape index (κ1) is 16.1. The molecule has 3 heterocycles. The maximum atomic E-state index is 12.7. The Balaban J connectivity index is 1.58. The van der Waals surface area contributed by atoms with Crippen molar-refractivity contribution in [2.24, 2.45) is 0 Å². The molecule has 0 aliphatic heterocycles. The van der Waals surface area contributed by atoms with E-state index in [1.165, 1.54) is 10.9 Å². The summed E-state index contributed by atoms with van der Waals surface area (Å²) in [7, 11) is 0. The lowest BCUT2D eigenvalue weighted by Crippen LogP contribution is -2.32. The highest BCUT2D eigenvalue weighted by molar-refractivity contribution is 6.04. The Bertz CT molecular complexity index is 1180. The highest BCUT2D eigenvalue weighted by Gasteiger charge is 2.13. The molecule has 0 aliphatic rings. The first-order valence-electron chi connectivity index (χ1n) is 8.31. The molecule has 0 fully saturated rings. The van der Waals surface area contributed by atoms with Gasteiger partial charge in [0, 0.05) is 10.9 Å². The molecule has 132 valence electrons. The van der Waals surface area contributed by atoms with Crippen LogP contribution >= 0.6 is 0 Å². The standard InChI is InChI=1S/C19H18N4O3/c1-11-3-6-15-14(7-11)17-18(22-15)19(25)23(10-21-17)9-16(24)20-8-13-5-4-12(2)26-13/h3-7,10,22H,8-9H2,1-2H3,(H,20,24). The molecule has 0 bridgehead atoms. The van der Waals surface area contributed by atoms with Gasteiger partial charge in [-0.15, -0.1) is 0 Å². The summed E-state index contributed by atoms with van der Waals surface area (Å²) >= 11 is 0. The zero-order valence-electron chi connectivity index (χ0n) is 14.5. The lowest BCUT2D eigenvalue weighted by molar-refractivity contribution is -0.122. The summed E-state index contributed by atoms with van der Waals surface area (Å²) in [5, 5.41) is 3.64. The van der Waals surface area contributed by atoms with Crippen molar-refractivity contribution in [1.82, 2.24) is 19.9 Å². The molecule has 4 rings (SSSR count). The largest absolute Gasteiger partial charge is 0.465 e. The summed E-state index contributed by atoms with van der Waals surface area (Å²) in [4.78, 5) is 32.3. The molecule has 3 aromatic heterocycles. The van der Waals surface area contributed by atoms with Crippen molar-refractivity contribution in [2.75, 3.05) is 0 Å². The van der Waals surface area contributed by atoms with Crippen LogP contribution < -0.4 is 10.9 Å². The van der Waals surface area contributed by atoms with Crippen molar-refractivity contribution in [2.45, 2.75) is 26.9 Å². The first-order chi connectivity index (χ1) is 12.5. The number of fused-ring (bicyclic) bond motifs is 3.